The Morgan fingerprint density at radius 2 is 2.12 bits per heavy atom. The molecule has 0 spiro atoms. The van der Waals surface area contributed by atoms with Crippen LogP contribution in [0.2, 0.25) is 0 Å². The number of alkyl halides is 1. The third-order valence-electron chi connectivity index (χ3n) is 3.80. The van der Waals surface area contributed by atoms with Crippen LogP contribution >= 0.6 is 23.4 Å². The van der Waals surface area contributed by atoms with Gasteiger partial charge in [-0.2, -0.15) is 0 Å². The number of hydrogen-bond donors (Lipinski definition) is 1. The van der Waals surface area contributed by atoms with Crippen molar-refractivity contribution in [1.29, 1.82) is 0 Å². The highest BCUT2D eigenvalue weighted by molar-refractivity contribution is 7.99. The highest BCUT2D eigenvalue weighted by Crippen LogP contribution is 2.52. The van der Waals surface area contributed by atoms with Crippen molar-refractivity contribution < 1.29 is 9.94 Å². The summed E-state index contributed by atoms with van der Waals surface area (Å²) in [6.07, 6.45) is 5.55. The number of fused-ring (bicyclic) bond motifs is 2. The van der Waals surface area contributed by atoms with Crippen LogP contribution in [0.1, 0.15) is 19.3 Å². The molecule has 86 valence electrons. The van der Waals surface area contributed by atoms with Gasteiger partial charge in [0.25, 0.3) is 5.03 Å². The van der Waals surface area contributed by atoms with E-state index in [1.54, 1.807) is 18.0 Å². The lowest BCUT2D eigenvalue weighted by molar-refractivity contribution is -0.932. The van der Waals surface area contributed by atoms with Gasteiger partial charge in [0.2, 0.25) is 6.20 Å². The summed E-state index contributed by atoms with van der Waals surface area (Å²) in [4.78, 5) is 0. The minimum atomic E-state index is 0.281. The Kier molecular flexibility index (Phi) is 2.76. The summed E-state index contributed by atoms with van der Waals surface area (Å²) in [7, 11) is 0. The molecule has 2 nitrogen and oxygen atoms in total. The molecular weight excluding hydrogens is 242 g/mol. The summed E-state index contributed by atoms with van der Waals surface area (Å²) in [5, 5.41) is 11.3. The molecular formula is C12H15ClNOS+. The van der Waals surface area contributed by atoms with Gasteiger partial charge in [0, 0.05) is 27.5 Å². The molecule has 2 aliphatic carbocycles. The van der Waals surface area contributed by atoms with Gasteiger partial charge in [-0.1, -0.05) is 0 Å². The van der Waals surface area contributed by atoms with Crippen LogP contribution < -0.4 is 4.73 Å². The first-order chi connectivity index (χ1) is 7.75. The maximum Gasteiger partial charge on any atom is 0.291 e. The number of halogens is 1. The van der Waals surface area contributed by atoms with Crippen LogP contribution in [0, 0.1) is 11.8 Å². The Morgan fingerprint density at radius 3 is 2.81 bits per heavy atom. The predicted molar refractivity (Wildman–Crippen MR) is 63.9 cm³/mol. The molecule has 0 aliphatic heterocycles. The fraction of sp³-hybridized carbons (Fsp3) is 0.583. The second-order valence-electron chi connectivity index (χ2n) is 4.74. The summed E-state index contributed by atoms with van der Waals surface area (Å²) in [6, 6.07) is 5.72. The van der Waals surface area contributed by atoms with Gasteiger partial charge in [0.1, 0.15) is 0 Å². The number of thioether (sulfide) groups is 1. The quantitative estimate of drug-likeness (QED) is 0.500. The van der Waals surface area contributed by atoms with E-state index in [0.29, 0.717) is 11.2 Å². The topological polar surface area (TPSA) is 24.1 Å². The number of pyridine rings is 1. The zero-order valence-corrected chi connectivity index (χ0v) is 10.5. The lowest BCUT2D eigenvalue weighted by Crippen LogP contribution is -2.34. The minimum Gasteiger partial charge on any atom is -0.284 e. The standard InChI is InChI=1S/C12H15ClNOS/c13-11-8-4-5-9(7-8)12(11)16-10-3-1-2-6-14(10)15/h1-3,6,8-9,11-12,15H,4-5,7H2/q+1/t8-,9+,11+,12+/m1/s1. The molecule has 2 saturated carbocycles. The fourth-order valence-electron chi connectivity index (χ4n) is 2.98. The number of hydrogen-bond acceptors (Lipinski definition) is 2. The molecule has 1 aromatic rings. The molecule has 16 heavy (non-hydrogen) atoms. The zero-order chi connectivity index (χ0) is 11.1. The first kappa shape index (κ1) is 10.7. The number of aromatic nitrogens is 1. The minimum absolute atomic E-state index is 0.281. The first-order valence-corrected chi connectivity index (χ1v) is 7.08. The molecule has 3 rings (SSSR count). The van der Waals surface area contributed by atoms with Gasteiger partial charge in [0.05, 0.1) is 0 Å². The van der Waals surface area contributed by atoms with Crippen molar-refractivity contribution in [2.75, 3.05) is 0 Å². The van der Waals surface area contributed by atoms with E-state index in [-0.39, 0.29) is 5.38 Å². The largest absolute Gasteiger partial charge is 0.291 e. The summed E-state index contributed by atoms with van der Waals surface area (Å²) in [6.45, 7) is 0. The smallest absolute Gasteiger partial charge is 0.284 e. The third-order valence-corrected chi connectivity index (χ3v) is 6.09. The summed E-state index contributed by atoms with van der Waals surface area (Å²) < 4.78 is 1.19. The fourth-order valence-corrected chi connectivity index (χ4v) is 4.97. The lowest BCUT2D eigenvalue weighted by Gasteiger charge is -2.24. The molecule has 1 aromatic heterocycles. The van der Waals surface area contributed by atoms with Gasteiger partial charge in [-0.05, 0) is 48.9 Å². The average Bonchev–Trinajstić information content (AvgIpc) is 2.85. The van der Waals surface area contributed by atoms with E-state index in [1.807, 2.05) is 18.2 Å². The molecule has 0 amide bonds. The average molecular weight is 257 g/mol. The highest BCUT2D eigenvalue weighted by atomic mass is 35.5. The molecule has 1 heterocycles. The van der Waals surface area contributed by atoms with Gasteiger partial charge < -0.3 is 0 Å². The first-order valence-electron chi connectivity index (χ1n) is 5.76. The van der Waals surface area contributed by atoms with Crippen LogP contribution in [0.4, 0.5) is 0 Å². The van der Waals surface area contributed by atoms with Crippen molar-refractivity contribution in [2.45, 2.75) is 34.9 Å². The predicted octanol–water partition coefficient (Wildman–Crippen LogP) is 2.71. The van der Waals surface area contributed by atoms with Crippen LogP contribution in [-0.2, 0) is 0 Å². The van der Waals surface area contributed by atoms with Gasteiger partial charge in [-0.3, -0.25) is 5.21 Å². The summed E-state index contributed by atoms with van der Waals surface area (Å²) in [5.74, 6) is 1.46. The molecule has 2 bridgehead atoms. The zero-order valence-electron chi connectivity index (χ0n) is 8.92. The summed E-state index contributed by atoms with van der Waals surface area (Å²) in [5.41, 5.74) is 0. The van der Waals surface area contributed by atoms with Gasteiger partial charge in [-0.25, -0.2) is 0 Å². The number of nitrogens with zero attached hydrogens (tertiary/aromatic N) is 1. The van der Waals surface area contributed by atoms with E-state index in [1.165, 1.54) is 24.0 Å². The van der Waals surface area contributed by atoms with Crippen molar-refractivity contribution in [1.82, 2.24) is 0 Å². The Balaban J connectivity index is 1.78. The van der Waals surface area contributed by atoms with Crippen LogP contribution in [0.15, 0.2) is 29.4 Å². The van der Waals surface area contributed by atoms with Crippen molar-refractivity contribution >= 4 is 23.4 Å². The molecule has 0 radical (unpaired) electrons. The molecule has 0 aromatic carbocycles. The van der Waals surface area contributed by atoms with Crippen LogP contribution in [0.25, 0.3) is 0 Å². The van der Waals surface area contributed by atoms with Crippen molar-refractivity contribution in [3.63, 3.8) is 0 Å². The van der Waals surface area contributed by atoms with Crippen LogP contribution in [0.5, 0.6) is 0 Å². The summed E-state index contributed by atoms with van der Waals surface area (Å²) >= 11 is 8.20. The maximum atomic E-state index is 9.68. The van der Waals surface area contributed by atoms with Crippen molar-refractivity contribution in [3.8, 4) is 0 Å². The normalized spacial score (nSPS) is 36.8. The molecule has 2 aliphatic rings. The second kappa shape index (κ2) is 4.11. The van der Waals surface area contributed by atoms with E-state index in [9.17, 15) is 5.21 Å². The molecule has 4 atom stereocenters. The van der Waals surface area contributed by atoms with E-state index in [4.69, 9.17) is 11.6 Å². The monoisotopic (exact) mass is 256 g/mol. The third kappa shape index (κ3) is 1.70. The number of rotatable bonds is 2. The van der Waals surface area contributed by atoms with E-state index in [0.717, 1.165) is 10.9 Å². The Bertz CT molecular complexity index is 398. The van der Waals surface area contributed by atoms with Crippen LogP contribution in [0.3, 0.4) is 0 Å². The molecule has 0 saturated heterocycles. The lowest BCUT2D eigenvalue weighted by atomic mass is 10.00. The van der Waals surface area contributed by atoms with E-state index in [2.05, 4.69) is 0 Å². The molecule has 2 fully saturated rings. The molecule has 1 N–H and O–H groups in total. The molecule has 0 unspecified atom stereocenters. The van der Waals surface area contributed by atoms with Gasteiger partial charge in [0.15, 0.2) is 0 Å². The van der Waals surface area contributed by atoms with E-state index < -0.39 is 0 Å². The van der Waals surface area contributed by atoms with Crippen molar-refractivity contribution in [3.05, 3.63) is 24.4 Å². The maximum absolute atomic E-state index is 9.68. The van der Waals surface area contributed by atoms with Crippen molar-refractivity contribution in [2.24, 2.45) is 11.8 Å². The Morgan fingerprint density at radius 1 is 1.31 bits per heavy atom. The van der Waals surface area contributed by atoms with Crippen LogP contribution in [-0.4, -0.2) is 15.8 Å². The SMILES string of the molecule is O[n+]1ccccc1S[C@H]1[C@H]2CC[C@H](C2)[C@@H]1Cl. The van der Waals surface area contributed by atoms with Gasteiger partial charge in [-0.15, -0.1) is 11.6 Å². The Labute approximate surface area is 105 Å². The van der Waals surface area contributed by atoms with E-state index >= 15 is 0 Å². The highest BCUT2D eigenvalue weighted by Gasteiger charge is 2.48. The molecule has 4 heteroatoms. The second-order valence-corrected chi connectivity index (χ2v) is 6.45. The Hall–Kier alpha value is -0.410. The van der Waals surface area contributed by atoms with Gasteiger partial charge >= 0.3 is 0 Å².